The maximum Gasteiger partial charge on any atom is 0.0951 e. The first-order valence-electron chi connectivity index (χ1n) is 5.83. The lowest BCUT2D eigenvalue weighted by Gasteiger charge is -2.55. The summed E-state index contributed by atoms with van der Waals surface area (Å²) in [7, 11) is 0. The zero-order valence-electron chi connectivity index (χ0n) is 8.28. The van der Waals surface area contributed by atoms with Crippen molar-refractivity contribution < 1.29 is 10.2 Å². The van der Waals surface area contributed by atoms with Gasteiger partial charge < -0.3 is 10.2 Å². The molecular weight excluding hydrogens is 270 g/mol. The monoisotopic (exact) mass is 280 g/mol. The van der Waals surface area contributed by atoms with E-state index in [2.05, 4.69) is 0 Å². The molecule has 10 atom stereocenters. The van der Waals surface area contributed by atoms with Gasteiger partial charge in [0.25, 0.3) is 0 Å². The fraction of sp³-hybridized carbons (Fsp3) is 1.00. The molecule has 88 valence electrons. The fourth-order valence-electron chi connectivity index (χ4n) is 6.30. The summed E-state index contributed by atoms with van der Waals surface area (Å²) in [4.78, 5) is -1.45. The van der Waals surface area contributed by atoms with E-state index in [9.17, 15) is 10.2 Å². The van der Waals surface area contributed by atoms with Gasteiger partial charge in [-0.05, 0) is 24.2 Å². The Morgan fingerprint density at radius 2 is 1.88 bits per heavy atom. The van der Waals surface area contributed by atoms with Crippen molar-refractivity contribution in [2.75, 3.05) is 0 Å². The molecule has 5 aliphatic carbocycles. The number of halogens is 3. The van der Waals surface area contributed by atoms with E-state index in [-0.39, 0.29) is 29.6 Å². The van der Waals surface area contributed by atoms with Crippen LogP contribution in [0.1, 0.15) is 6.42 Å². The van der Waals surface area contributed by atoms with Crippen molar-refractivity contribution in [3.8, 4) is 0 Å². The second-order valence-corrected chi connectivity index (χ2v) is 8.02. The molecule has 5 aliphatic rings. The molecule has 0 heterocycles. The predicted octanol–water partition coefficient (Wildman–Crippen LogP) is 1.18. The molecule has 5 rings (SSSR count). The van der Waals surface area contributed by atoms with Gasteiger partial charge in [-0.15, -0.1) is 34.8 Å². The standard InChI is InChI=1S/C11H11Cl3O2/c12-8-9(13)5-3-1-2-4(6(5)15)7(9)11(2,16)10(3,8)14/h2-8,15-16H,1H2/t2-,3+,4-,5+,6-,7-,8-,9+,10+,11+/m1/s1. The van der Waals surface area contributed by atoms with Crippen molar-refractivity contribution in [3.63, 3.8) is 0 Å². The third kappa shape index (κ3) is 0.490. The normalized spacial score (nSPS) is 85.7. The highest BCUT2D eigenvalue weighted by Gasteiger charge is 2.99. The van der Waals surface area contributed by atoms with Crippen molar-refractivity contribution in [2.45, 2.75) is 33.3 Å². The van der Waals surface area contributed by atoms with Gasteiger partial charge in [0.15, 0.2) is 0 Å². The van der Waals surface area contributed by atoms with Crippen molar-refractivity contribution >= 4 is 34.8 Å². The van der Waals surface area contributed by atoms with Gasteiger partial charge >= 0.3 is 0 Å². The minimum atomic E-state index is -0.911. The van der Waals surface area contributed by atoms with Crippen LogP contribution in [-0.2, 0) is 0 Å². The Bertz CT molecular complexity index is 445. The molecule has 5 fully saturated rings. The number of hydrogen-bond acceptors (Lipinski definition) is 2. The van der Waals surface area contributed by atoms with Gasteiger partial charge in [0.05, 0.1) is 26.8 Å². The number of fused-ring (bicyclic) bond motifs is 2. The Labute approximate surface area is 108 Å². The summed E-state index contributed by atoms with van der Waals surface area (Å²) >= 11 is 19.8. The van der Waals surface area contributed by atoms with Crippen LogP contribution < -0.4 is 0 Å². The third-order valence-electron chi connectivity index (χ3n) is 6.49. The molecule has 5 heteroatoms. The second-order valence-electron chi connectivity index (χ2n) is 6.30. The molecule has 0 aromatic carbocycles. The summed E-state index contributed by atoms with van der Waals surface area (Å²) in [6, 6.07) is 0. The van der Waals surface area contributed by atoms with Gasteiger partial charge in [-0.25, -0.2) is 0 Å². The Morgan fingerprint density at radius 1 is 1.19 bits per heavy atom. The van der Waals surface area contributed by atoms with Crippen LogP contribution in [0, 0.1) is 29.6 Å². The van der Waals surface area contributed by atoms with E-state index in [0.717, 1.165) is 6.42 Å². The molecule has 0 aliphatic heterocycles. The van der Waals surface area contributed by atoms with Crippen molar-refractivity contribution in [1.82, 2.24) is 0 Å². The van der Waals surface area contributed by atoms with E-state index in [1.54, 1.807) is 0 Å². The topological polar surface area (TPSA) is 40.5 Å². The summed E-state index contributed by atoms with van der Waals surface area (Å²) in [5.41, 5.74) is -0.911. The molecule has 0 spiro atoms. The van der Waals surface area contributed by atoms with Crippen LogP contribution in [0.5, 0.6) is 0 Å². The van der Waals surface area contributed by atoms with E-state index in [1.807, 2.05) is 0 Å². The molecule has 0 aromatic heterocycles. The van der Waals surface area contributed by atoms with Crippen molar-refractivity contribution in [2.24, 2.45) is 29.6 Å². The first kappa shape index (κ1) is 9.69. The first-order chi connectivity index (χ1) is 7.41. The molecule has 2 N–H and O–H groups in total. The lowest BCUT2D eigenvalue weighted by Crippen LogP contribution is -2.66. The number of hydrogen-bond donors (Lipinski definition) is 2. The summed E-state index contributed by atoms with van der Waals surface area (Å²) in [5, 5.41) is 20.7. The van der Waals surface area contributed by atoms with Gasteiger partial charge in [-0.3, -0.25) is 0 Å². The molecular formula is C11H11Cl3O2. The minimum Gasteiger partial charge on any atom is -0.392 e. The quantitative estimate of drug-likeness (QED) is 0.655. The lowest BCUT2D eigenvalue weighted by atomic mass is 9.55. The van der Waals surface area contributed by atoms with E-state index >= 15 is 0 Å². The number of rotatable bonds is 0. The third-order valence-corrected chi connectivity index (χ3v) is 8.93. The molecule has 0 amide bonds. The zero-order chi connectivity index (χ0) is 11.2. The van der Waals surface area contributed by atoms with Crippen LogP contribution in [0.25, 0.3) is 0 Å². The van der Waals surface area contributed by atoms with E-state index in [0.29, 0.717) is 0 Å². The number of aliphatic hydroxyl groups is 2. The molecule has 16 heavy (non-hydrogen) atoms. The van der Waals surface area contributed by atoms with Gasteiger partial charge in [0, 0.05) is 11.8 Å². The Kier molecular flexibility index (Phi) is 1.26. The molecule has 0 unspecified atom stereocenters. The molecule has 5 saturated carbocycles. The smallest absolute Gasteiger partial charge is 0.0951 e. The van der Waals surface area contributed by atoms with Crippen LogP contribution >= 0.6 is 34.8 Å². The van der Waals surface area contributed by atoms with Crippen molar-refractivity contribution in [3.05, 3.63) is 0 Å². The predicted molar refractivity (Wildman–Crippen MR) is 59.8 cm³/mol. The average Bonchev–Trinajstić information content (AvgIpc) is 2.55. The zero-order valence-corrected chi connectivity index (χ0v) is 10.5. The van der Waals surface area contributed by atoms with Crippen LogP contribution in [0.3, 0.4) is 0 Å². The number of alkyl halides is 3. The van der Waals surface area contributed by atoms with Gasteiger partial charge in [-0.1, -0.05) is 0 Å². The summed E-state index contributed by atoms with van der Waals surface area (Å²) in [5.74, 6) is 0.242. The van der Waals surface area contributed by atoms with Crippen LogP contribution in [0.15, 0.2) is 0 Å². The largest absolute Gasteiger partial charge is 0.392 e. The Hall–Kier alpha value is 0.790. The van der Waals surface area contributed by atoms with Gasteiger partial charge in [0.1, 0.15) is 0 Å². The first-order valence-corrected chi connectivity index (χ1v) is 7.02. The van der Waals surface area contributed by atoms with Crippen LogP contribution in [0.2, 0.25) is 0 Å². The molecule has 0 saturated heterocycles. The highest BCUT2D eigenvalue weighted by molar-refractivity contribution is 6.42. The summed E-state index contributed by atoms with van der Waals surface area (Å²) in [6.45, 7) is 0. The Balaban J connectivity index is 1.91. The van der Waals surface area contributed by atoms with Gasteiger partial charge in [0.2, 0.25) is 0 Å². The maximum atomic E-state index is 10.8. The second kappa shape index (κ2) is 2.08. The van der Waals surface area contributed by atoms with Crippen LogP contribution in [0.4, 0.5) is 0 Å². The highest BCUT2D eigenvalue weighted by atomic mass is 35.5. The molecule has 2 bridgehead atoms. The van der Waals surface area contributed by atoms with E-state index in [4.69, 9.17) is 34.8 Å². The Morgan fingerprint density at radius 3 is 2.56 bits per heavy atom. The lowest BCUT2D eigenvalue weighted by molar-refractivity contribution is -0.182. The minimum absolute atomic E-state index is 0.0109. The highest BCUT2D eigenvalue weighted by Crippen LogP contribution is 2.90. The SMILES string of the molecule is O[C@@H]1[C@H]2[C@H]3C[C@H]4[C@@H]1[C@]1(Cl)[C@@H]2[C@]3(O)[C@@]4(Cl)[C@@H]1Cl. The average molecular weight is 282 g/mol. The van der Waals surface area contributed by atoms with E-state index < -0.39 is 26.8 Å². The molecule has 0 aromatic rings. The van der Waals surface area contributed by atoms with Crippen LogP contribution in [-0.4, -0.2) is 37.0 Å². The molecule has 2 nitrogen and oxygen atoms in total. The number of aliphatic hydroxyl groups excluding tert-OH is 1. The summed E-state index contributed by atoms with van der Waals surface area (Å²) < 4.78 is 0. The molecule has 0 radical (unpaired) electrons. The fourth-order valence-corrected chi connectivity index (χ4v) is 8.40. The maximum absolute atomic E-state index is 10.8. The summed E-state index contributed by atoms with van der Waals surface area (Å²) in [6.07, 6.45) is 0.483. The van der Waals surface area contributed by atoms with Crippen molar-refractivity contribution in [1.29, 1.82) is 0 Å². The van der Waals surface area contributed by atoms with Gasteiger partial charge in [-0.2, -0.15) is 0 Å². The van der Waals surface area contributed by atoms with E-state index in [1.165, 1.54) is 0 Å².